The number of benzene rings is 2. The smallest absolute Gasteiger partial charge is 0.274 e. The van der Waals surface area contributed by atoms with E-state index in [-0.39, 0.29) is 18.6 Å². The van der Waals surface area contributed by atoms with Gasteiger partial charge in [-0.15, -0.1) is 0 Å². The Balaban J connectivity index is 1.27. The number of fused-ring (bicyclic) bond motifs is 1. The van der Waals surface area contributed by atoms with Crippen molar-refractivity contribution in [3.05, 3.63) is 53.1 Å². The summed E-state index contributed by atoms with van der Waals surface area (Å²) in [4.78, 5) is 18.7. The molecular weight excluding hydrogens is 396 g/mol. The second-order valence-corrected chi connectivity index (χ2v) is 8.27. The first-order chi connectivity index (χ1) is 13.6. The quantitative estimate of drug-likeness (QED) is 0.604. The van der Waals surface area contributed by atoms with E-state index in [0.717, 1.165) is 28.6 Å². The SMILES string of the molecule is Cc1ccc(OCC(=O)N2CCC(Oc3nc4c(Cl)cccc4s3)CC2)cc1. The van der Waals surface area contributed by atoms with Gasteiger partial charge in [-0.05, 0) is 31.2 Å². The summed E-state index contributed by atoms with van der Waals surface area (Å²) < 4.78 is 12.7. The van der Waals surface area contributed by atoms with Gasteiger partial charge in [0.15, 0.2) is 6.61 Å². The molecule has 0 spiro atoms. The molecule has 1 amide bonds. The summed E-state index contributed by atoms with van der Waals surface area (Å²) in [7, 11) is 0. The topological polar surface area (TPSA) is 51.7 Å². The monoisotopic (exact) mass is 416 g/mol. The lowest BCUT2D eigenvalue weighted by molar-refractivity contribution is -0.135. The average molecular weight is 417 g/mol. The molecule has 0 aliphatic carbocycles. The number of carbonyl (C=O) groups is 1. The molecule has 28 heavy (non-hydrogen) atoms. The first-order valence-corrected chi connectivity index (χ1v) is 10.5. The van der Waals surface area contributed by atoms with E-state index in [1.54, 1.807) is 0 Å². The summed E-state index contributed by atoms with van der Waals surface area (Å²) in [6, 6.07) is 13.4. The van der Waals surface area contributed by atoms with Crippen LogP contribution in [0.4, 0.5) is 0 Å². The zero-order valence-electron chi connectivity index (χ0n) is 15.6. The predicted molar refractivity (Wildman–Crippen MR) is 112 cm³/mol. The molecule has 1 aliphatic heterocycles. The lowest BCUT2D eigenvalue weighted by Crippen LogP contribution is -2.43. The summed E-state index contributed by atoms with van der Waals surface area (Å²) in [5.74, 6) is 0.720. The van der Waals surface area contributed by atoms with Gasteiger partial charge in [0.25, 0.3) is 11.1 Å². The number of carbonyl (C=O) groups excluding carboxylic acids is 1. The van der Waals surface area contributed by atoms with Gasteiger partial charge < -0.3 is 14.4 Å². The number of halogens is 1. The van der Waals surface area contributed by atoms with Crippen molar-refractivity contribution in [1.29, 1.82) is 0 Å². The van der Waals surface area contributed by atoms with E-state index in [4.69, 9.17) is 21.1 Å². The molecule has 2 heterocycles. The number of hydrogen-bond acceptors (Lipinski definition) is 5. The lowest BCUT2D eigenvalue weighted by atomic mass is 10.1. The molecule has 7 heteroatoms. The minimum Gasteiger partial charge on any atom is -0.484 e. The van der Waals surface area contributed by atoms with E-state index >= 15 is 0 Å². The van der Waals surface area contributed by atoms with Gasteiger partial charge in [-0.25, -0.2) is 4.98 Å². The lowest BCUT2D eigenvalue weighted by Gasteiger charge is -2.31. The van der Waals surface area contributed by atoms with Crippen molar-refractivity contribution in [2.45, 2.75) is 25.9 Å². The average Bonchev–Trinajstić information content (AvgIpc) is 3.12. The minimum atomic E-state index is 0.00536. The number of rotatable bonds is 5. The molecule has 146 valence electrons. The molecule has 1 fully saturated rings. The summed E-state index contributed by atoms with van der Waals surface area (Å²) in [6.45, 7) is 3.40. The van der Waals surface area contributed by atoms with E-state index in [1.807, 2.05) is 54.3 Å². The van der Waals surface area contributed by atoms with E-state index in [2.05, 4.69) is 4.98 Å². The van der Waals surface area contributed by atoms with Gasteiger partial charge in [-0.1, -0.05) is 46.7 Å². The fourth-order valence-electron chi connectivity index (χ4n) is 3.18. The summed E-state index contributed by atoms with van der Waals surface area (Å²) >= 11 is 7.68. The van der Waals surface area contributed by atoms with Gasteiger partial charge in [-0.2, -0.15) is 0 Å². The van der Waals surface area contributed by atoms with Crippen LogP contribution in [0, 0.1) is 6.92 Å². The number of nitrogens with zero attached hydrogens (tertiary/aromatic N) is 2. The van der Waals surface area contributed by atoms with Crippen LogP contribution in [0.25, 0.3) is 10.2 Å². The highest BCUT2D eigenvalue weighted by molar-refractivity contribution is 7.20. The second kappa shape index (κ2) is 8.37. The van der Waals surface area contributed by atoms with Crippen molar-refractivity contribution in [2.75, 3.05) is 19.7 Å². The number of amides is 1. The highest BCUT2D eigenvalue weighted by Gasteiger charge is 2.25. The van der Waals surface area contributed by atoms with Crippen molar-refractivity contribution in [3.63, 3.8) is 0 Å². The highest BCUT2D eigenvalue weighted by Crippen LogP contribution is 2.33. The van der Waals surface area contributed by atoms with Crippen molar-refractivity contribution in [2.24, 2.45) is 0 Å². The van der Waals surface area contributed by atoms with E-state index < -0.39 is 0 Å². The highest BCUT2D eigenvalue weighted by atomic mass is 35.5. The number of likely N-dealkylation sites (tertiary alicyclic amines) is 1. The van der Waals surface area contributed by atoms with Crippen LogP contribution >= 0.6 is 22.9 Å². The van der Waals surface area contributed by atoms with Gasteiger partial charge in [0.2, 0.25) is 0 Å². The largest absolute Gasteiger partial charge is 0.484 e. The van der Waals surface area contributed by atoms with Crippen LogP contribution in [-0.4, -0.2) is 41.6 Å². The Morgan fingerprint density at radius 3 is 2.68 bits per heavy atom. The molecule has 1 aliphatic rings. The fraction of sp³-hybridized carbons (Fsp3) is 0.333. The van der Waals surface area contributed by atoms with Crippen molar-refractivity contribution < 1.29 is 14.3 Å². The molecule has 0 radical (unpaired) electrons. The Bertz CT molecular complexity index is 965. The number of piperidine rings is 1. The van der Waals surface area contributed by atoms with Crippen LogP contribution in [-0.2, 0) is 4.79 Å². The number of hydrogen-bond donors (Lipinski definition) is 0. The Hall–Kier alpha value is -2.31. The molecular formula is C21H21ClN2O3S. The molecule has 0 unspecified atom stereocenters. The summed E-state index contributed by atoms with van der Waals surface area (Å²) in [5.41, 5.74) is 1.95. The van der Waals surface area contributed by atoms with Crippen LogP contribution in [0.3, 0.4) is 0 Å². The minimum absolute atomic E-state index is 0.00536. The molecule has 0 saturated carbocycles. The number of ether oxygens (including phenoxy) is 2. The maximum Gasteiger partial charge on any atom is 0.274 e. The molecule has 1 aromatic heterocycles. The van der Waals surface area contributed by atoms with Gasteiger partial charge >= 0.3 is 0 Å². The molecule has 0 atom stereocenters. The zero-order valence-corrected chi connectivity index (χ0v) is 17.1. The van der Waals surface area contributed by atoms with Crippen molar-refractivity contribution in [1.82, 2.24) is 9.88 Å². The maximum absolute atomic E-state index is 12.4. The third-order valence-corrected chi connectivity index (χ3v) is 6.01. The normalized spacial score (nSPS) is 15.0. The van der Waals surface area contributed by atoms with E-state index in [0.29, 0.717) is 29.1 Å². The first-order valence-electron chi connectivity index (χ1n) is 9.27. The van der Waals surface area contributed by atoms with Crippen LogP contribution < -0.4 is 9.47 Å². The maximum atomic E-state index is 12.4. The van der Waals surface area contributed by atoms with E-state index in [9.17, 15) is 4.79 Å². The van der Waals surface area contributed by atoms with E-state index in [1.165, 1.54) is 11.3 Å². The third-order valence-electron chi connectivity index (χ3n) is 4.80. The first kappa shape index (κ1) is 19.0. The number of para-hydroxylation sites is 1. The fourth-order valence-corrected chi connectivity index (χ4v) is 4.36. The molecule has 5 nitrogen and oxygen atoms in total. The number of aromatic nitrogens is 1. The number of thiazole rings is 1. The van der Waals surface area contributed by atoms with Crippen LogP contribution in [0.2, 0.25) is 5.02 Å². The zero-order chi connectivity index (χ0) is 19.5. The number of aryl methyl sites for hydroxylation is 1. The van der Waals surface area contributed by atoms with Gasteiger partial charge in [0, 0.05) is 25.9 Å². The van der Waals surface area contributed by atoms with Gasteiger partial charge in [0.05, 0.1) is 9.72 Å². The molecule has 0 bridgehead atoms. The van der Waals surface area contributed by atoms with Crippen LogP contribution in [0.15, 0.2) is 42.5 Å². The second-order valence-electron chi connectivity index (χ2n) is 6.87. The van der Waals surface area contributed by atoms with Crippen LogP contribution in [0.1, 0.15) is 18.4 Å². The summed E-state index contributed by atoms with van der Waals surface area (Å²) in [5, 5.41) is 1.27. The van der Waals surface area contributed by atoms with Crippen LogP contribution in [0.5, 0.6) is 10.9 Å². The van der Waals surface area contributed by atoms with Crippen molar-refractivity contribution >= 4 is 39.1 Å². The Labute approximate surface area is 172 Å². The Morgan fingerprint density at radius 1 is 1.21 bits per heavy atom. The molecule has 4 rings (SSSR count). The third kappa shape index (κ3) is 4.39. The standard InChI is InChI=1S/C21H21ClN2O3S/c1-14-5-7-15(8-6-14)26-13-19(25)24-11-9-16(10-12-24)27-21-23-20-17(22)3-2-4-18(20)28-21/h2-8,16H,9-13H2,1H3. The molecule has 0 N–H and O–H groups in total. The van der Waals surface area contributed by atoms with Gasteiger partial charge in [-0.3, -0.25) is 4.79 Å². The molecule has 1 saturated heterocycles. The summed E-state index contributed by atoms with van der Waals surface area (Å²) in [6.07, 6.45) is 1.61. The Morgan fingerprint density at radius 2 is 1.96 bits per heavy atom. The Kier molecular flexibility index (Phi) is 5.69. The molecule has 3 aromatic rings. The predicted octanol–water partition coefficient (Wildman–Crippen LogP) is 4.71. The molecule has 2 aromatic carbocycles. The van der Waals surface area contributed by atoms with Crippen molar-refractivity contribution in [3.8, 4) is 10.9 Å². The van der Waals surface area contributed by atoms with Gasteiger partial charge in [0.1, 0.15) is 17.4 Å².